The molecule has 1 saturated carbocycles. The van der Waals surface area contributed by atoms with E-state index >= 15 is 0 Å². The number of benzene rings is 1. The van der Waals surface area contributed by atoms with E-state index in [2.05, 4.69) is 5.10 Å². The summed E-state index contributed by atoms with van der Waals surface area (Å²) in [6.07, 6.45) is 6.33. The maximum atomic E-state index is 9.34. The molecule has 1 aromatic heterocycles. The number of rotatable bonds is 2. The summed E-state index contributed by atoms with van der Waals surface area (Å²) in [6, 6.07) is 7.61. The third-order valence-corrected chi connectivity index (χ3v) is 4.75. The van der Waals surface area contributed by atoms with E-state index in [-0.39, 0.29) is 5.75 Å². The van der Waals surface area contributed by atoms with Crippen LogP contribution >= 0.6 is 11.3 Å². The van der Waals surface area contributed by atoms with E-state index in [1.807, 2.05) is 23.9 Å². The van der Waals surface area contributed by atoms with Gasteiger partial charge in [-0.2, -0.15) is 5.10 Å². The van der Waals surface area contributed by atoms with Crippen LogP contribution in [-0.2, 0) is 7.05 Å². The van der Waals surface area contributed by atoms with Gasteiger partial charge in [0.1, 0.15) is 10.8 Å². The van der Waals surface area contributed by atoms with E-state index in [4.69, 9.17) is 4.99 Å². The number of aromatic hydroxyl groups is 1. The molecule has 1 aliphatic carbocycles. The van der Waals surface area contributed by atoms with Gasteiger partial charge in [-0.25, -0.2) is 4.68 Å². The van der Waals surface area contributed by atoms with Crippen molar-refractivity contribution in [1.82, 2.24) is 9.78 Å². The lowest BCUT2D eigenvalue weighted by Gasteiger charge is -2.16. The third-order valence-electron chi connectivity index (χ3n) is 3.69. The van der Waals surface area contributed by atoms with Gasteiger partial charge in [0, 0.05) is 12.6 Å². The van der Waals surface area contributed by atoms with Crippen molar-refractivity contribution < 1.29 is 5.11 Å². The fourth-order valence-corrected chi connectivity index (χ4v) is 3.51. The molecule has 4 nitrogen and oxygen atoms in total. The first-order valence-corrected chi connectivity index (χ1v) is 7.91. The lowest BCUT2D eigenvalue weighted by molar-refractivity contribution is 0.434. The minimum Gasteiger partial charge on any atom is -0.508 e. The minimum absolute atomic E-state index is 0.279. The molecule has 0 saturated heterocycles. The predicted octanol–water partition coefficient (Wildman–Crippen LogP) is 3.09. The summed E-state index contributed by atoms with van der Waals surface area (Å²) < 4.78 is 1.86. The van der Waals surface area contributed by atoms with Crippen LogP contribution in [0, 0.1) is 0 Å². The predicted molar refractivity (Wildman–Crippen MR) is 80.6 cm³/mol. The summed E-state index contributed by atoms with van der Waals surface area (Å²) >= 11 is 1.62. The molecular weight excluding hydrogens is 270 g/mol. The molecule has 3 rings (SSSR count). The molecule has 5 heteroatoms. The molecule has 20 heavy (non-hydrogen) atoms. The Morgan fingerprint density at radius 2 is 1.90 bits per heavy atom. The van der Waals surface area contributed by atoms with Gasteiger partial charge in [-0.15, -0.1) is 0 Å². The molecule has 0 amide bonds. The van der Waals surface area contributed by atoms with Gasteiger partial charge in [-0.05, 0) is 37.1 Å². The zero-order valence-corrected chi connectivity index (χ0v) is 12.4. The molecule has 106 valence electrons. The van der Waals surface area contributed by atoms with Crippen LogP contribution in [0.3, 0.4) is 0 Å². The van der Waals surface area contributed by atoms with Crippen molar-refractivity contribution in [3.63, 3.8) is 0 Å². The van der Waals surface area contributed by atoms with Gasteiger partial charge < -0.3 is 5.11 Å². The first-order valence-electron chi connectivity index (χ1n) is 7.10. The molecule has 1 heterocycles. The Morgan fingerprint density at radius 1 is 1.20 bits per heavy atom. The number of hydrogen-bond donors (Lipinski definition) is 1. The van der Waals surface area contributed by atoms with Crippen molar-refractivity contribution in [1.29, 1.82) is 0 Å². The Bertz CT molecular complexity index is 636. The zero-order valence-electron chi connectivity index (χ0n) is 11.6. The zero-order chi connectivity index (χ0) is 13.9. The topological polar surface area (TPSA) is 50.4 Å². The van der Waals surface area contributed by atoms with Crippen LogP contribution in [0.5, 0.6) is 5.75 Å². The number of hydrogen-bond acceptors (Lipinski definition) is 4. The highest BCUT2D eigenvalue weighted by molar-refractivity contribution is 7.12. The van der Waals surface area contributed by atoms with E-state index in [1.165, 1.54) is 32.1 Å². The molecule has 1 aliphatic rings. The van der Waals surface area contributed by atoms with Crippen molar-refractivity contribution in [3.05, 3.63) is 29.1 Å². The second-order valence-electron chi connectivity index (χ2n) is 5.28. The van der Waals surface area contributed by atoms with E-state index in [0.29, 0.717) is 6.04 Å². The first kappa shape index (κ1) is 13.4. The molecule has 1 aromatic carbocycles. The van der Waals surface area contributed by atoms with Gasteiger partial charge >= 0.3 is 0 Å². The van der Waals surface area contributed by atoms with E-state index in [9.17, 15) is 5.11 Å². The van der Waals surface area contributed by atoms with Gasteiger partial charge in [-0.3, -0.25) is 4.99 Å². The molecule has 1 fully saturated rings. The average Bonchev–Trinajstić information content (AvgIpc) is 2.82. The highest BCUT2D eigenvalue weighted by atomic mass is 32.1. The smallest absolute Gasteiger partial charge is 0.203 e. The Balaban J connectivity index is 1.90. The van der Waals surface area contributed by atoms with Crippen LogP contribution in [0.1, 0.15) is 32.1 Å². The quantitative estimate of drug-likeness (QED) is 0.923. The molecule has 1 N–H and O–H groups in total. The summed E-state index contributed by atoms with van der Waals surface area (Å²) in [5.41, 5.74) is 1.02. The standard InChI is InChI=1S/C15H19N3OS/c1-18-15(16-12-5-3-2-4-6-12)20-14(17-18)11-7-9-13(19)10-8-11/h7-10,12,19H,2-6H2,1H3/b16-15+. The van der Waals surface area contributed by atoms with Crippen molar-refractivity contribution in [2.75, 3.05) is 0 Å². The van der Waals surface area contributed by atoms with Gasteiger partial charge in [-0.1, -0.05) is 30.6 Å². The third kappa shape index (κ3) is 2.93. The Kier molecular flexibility index (Phi) is 3.87. The van der Waals surface area contributed by atoms with Crippen molar-refractivity contribution in [3.8, 4) is 16.3 Å². The molecule has 0 atom stereocenters. The first-order chi connectivity index (χ1) is 9.72. The molecule has 0 aliphatic heterocycles. The van der Waals surface area contributed by atoms with Crippen molar-refractivity contribution in [2.24, 2.45) is 12.0 Å². The monoisotopic (exact) mass is 289 g/mol. The average molecular weight is 289 g/mol. The number of phenolic OH excluding ortho intramolecular Hbond substituents is 1. The highest BCUT2D eigenvalue weighted by Gasteiger charge is 2.13. The molecule has 0 spiro atoms. The van der Waals surface area contributed by atoms with Crippen LogP contribution in [0.4, 0.5) is 0 Å². The molecule has 2 aromatic rings. The van der Waals surface area contributed by atoms with Crippen LogP contribution in [0.2, 0.25) is 0 Å². The molecule has 0 unspecified atom stereocenters. The summed E-state index contributed by atoms with van der Waals surface area (Å²) in [7, 11) is 1.95. The Morgan fingerprint density at radius 3 is 2.60 bits per heavy atom. The molecule has 0 radical (unpaired) electrons. The molecular formula is C15H19N3OS. The van der Waals surface area contributed by atoms with E-state index in [0.717, 1.165) is 15.4 Å². The van der Waals surface area contributed by atoms with Gasteiger partial charge in [0.05, 0.1) is 6.04 Å². The second-order valence-corrected chi connectivity index (χ2v) is 6.24. The SMILES string of the molecule is Cn1nc(-c2ccc(O)cc2)s/c1=N/C1CCCCC1. The van der Waals surface area contributed by atoms with Crippen molar-refractivity contribution >= 4 is 11.3 Å². The summed E-state index contributed by atoms with van der Waals surface area (Å²) in [5, 5.41) is 14.8. The van der Waals surface area contributed by atoms with Crippen LogP contribution < -0.4 is 4.80 Å². The number of nitrogens with zero attached hydrogens (tertiary/aromatic N) is 3. The summed E-state index contributed by atoms with van der Waals surface area (Å²) in [5.74, 6) is 0.279. The number of aromatic nitrogens is 2. The fraction of sp³-hybridized carbons (Fsp3) is 0.467. The lowest BCUT2D eigenvalue weighted by Crippen LogP contribution is -2.18. The van der Waals surface area contributed by atoms with Crippen LogP contribution in [0.25, 0.3) is 10.6 Å². The van der Waals surface area contributed by atoms with Crippen LogP contribution in [-0.4, -0.2) is 20.9 Å². The van der Waals surface area contributed by atoms with Crippen molar-refractivity contribution in [2.45, 2.75) is 38.1 Å². The molecule has 0 bridgehead atoms. The summed E-state index contributed by atoms with van der Waals surface area (Å²) in [6.45, 7) is 0. The fourth-order valence-electron chi connectivity index (χ4n) is 2.55. The van der Waals surface area contributed by atoms with Gasteiger partial charge in [0.15, 0.2) is 0 Å². The Hall–Kier alpha value is -1.62. The highest BCUT2D eigenvalue weighted by Crippen LogP contribution is 2.23. The largest absolute Gasteiger partial charge is 0.508 e. The second kappa shape index (κ2) is 5.79. The summed E-state index contributed by atoms with van der Waals surface area (Å²) in [4.78, 5) is 5.84. The van der Waals surface area contributed by atoms with Gasteiger partial charge in [0.2, 0.25) is 4.80 Å². The van der Waals surface area contributed by atoms with Gasteiger partial charge in [0.25, 0.3) is 0 Å². The minimum atomic E-state index is 0.279. The normalized spacial score (nSPS) is 17.6. The number of aryl methyl sites for hydroxylation is 1. The van der Waals surface area contributed by atoms with E-state index in [1.54, 1.807) is 23.5 Å². The number of phenols is 1. The maximum Gasteiger partial charge on any atom is 0.203 e. The maximum absolute atomic E-state index is 9.34. The van der Waals surface area contributed by atoms with E-state index < -0.39 is 0 Å². The Labute approximate surface area is 122 Å². The van der Waals surface area contributed by atoms with Crippen LogP contribution in [0.15, 0.2) is 29.3 Å². The lowest BCUT2D eigenvalue weighted by atomic mass is 9.96.